The molecule has 0 spiro atoms. The van der Waals surface area contributed by atoms with Crippen LogP contribution in [0.2, 0.25) is 10.0 Å². The van der Waals surface area contributed by atoms with Crippen LogP contribution in [-0.4, -0.2) is 10.6 Å². The van der Waals surface area contributed by atoms with Crippen LogP contribution in [0.3, 0.4) is 0 Å². The van der Waals surface area contributed by atoms with Gasteiger partial charge in [-0.05, 0) is 37.3 Å². The van der Waals surface area contributed by atoms with Crippen LogP contribution in [-0.2, 0) is 7.05 Å². The van der Waals surface area contributed by atoms with Gasteiger partial charge in [0.25, 0.3) is 0 Å². The molecule has 4 nitrogen and oxygen atoms in total. The van der Waals surface area contributed by atoms with Crippen molar-refractivity contribution in [3.05, 3.63) is 37.9 Å². The van der Waals surface area contributed by atoms with E-state index >= 15 is 0 Å². The van der Waals surface area contributed by atoms with E-state index in [4.69, 9.17) is 35.4 Å². The van der Waals surface area contributed by atoms with Crippen LogP contribution in [0, 0.1) is 10.9 Å². The Morgan fingerprint density at radius 2 is 2.05 bits per heavy atom. The van der Waals surface area contributed by atoms with Gasteiger partial charge in [0.2, 0.25) is 0 Å². The summed E-state index contributed by atoms with van der Waals surface area (Å²) in [4.78, 5) is 11.9. The fraction of sp³-hybridized carbons (Fsp3) is 0.167. The summed E-state index contributed by atoms with van der Waals surface area (Å²) in [7, 11) is 1.85. The summed E-state index contributed by atoms with van der Waals surface area (Å²) in [6.07, 6.45) is 0. The number of nitrogens with zero attached hydrogens (tertiary/aromatic N) is 1. The molecular formula is C12H11Cl2N3OS2. The topological polar surface area (TPSA) is 46.1 Å². The second kappa shape index (κ2) is 6.13. The first-order valence-corrected chi connectivity index (χ1v) is 7.56. The number of urea groups is 1. The van der Waals surface area contributed by atoms with Gasteiger partial charge in [-0.3, -0.25) is 5.32 Å². The van der Waals surface area contributed by atoms with Crippen LogP contribution in [0.4, 0.5) is 15.5 Å². The van der Waals surface area contributed by atoms with E-state index < -0.39 is 0 Å². The number of halogens is 2. The molecule has 1 aromatic carbocycles. The van der Waals surface area contributed by atoms with E-state index in [1.165, 1.54) is 11.3 Å². The lowest BCUT2D eigenvalue weighted by molar-refractivity contribution is 0.262. The number of carbonyl (C=O) groups is 1. The first-order chi connectivity index (χ1) is 9.38. The molecule has 1 aromatic heterocycles. The molecule has 0 atom stereocenters. The van der Waals surface area contributed by atoms with E-state index in [0.29, 0.717) is 24.7 Å². The minimum atomic E-state index is -0.380. The highest BCUT2D eigenvalue weighted by Gasteiger charge is 2.11. The number of amides is 2. The lowest BCUT2D eigenvalue weighted by Crippen LogP contribution is -2.19. The highest BCUT2D eigenvalue weighted by molar-refractivity contribution is 7.73. The fourth-order valence-corrected chi connectivity index (χ4v) is 3.20. The van der Waals surface area contributed by atoms with E-state index in [1.807, 2.05) is 18.5 Å². The summed E-state index contributed by atoms with van der Waals surface area (Å²) in [6, 6.07) is 4.48. The largest absolute Gasteiger partial charge is 0.328 e. The summed E-state index contributed by atoms with van der Waals surface area (Å²) in [5.41, 5.74) is 1.39. The molecule has 8 heteroatoms. The van der Waals surface area contributed by atoms with Crippen molar-refractivity contribution in [2.75, 3.05) is 10.6 Å². The zero-order valence-corrected chi connectivity index (χ0v) is 13.8. The van der Waals surface area contributed by atoms with Gasteiger partial charge in [0.05, 0.1) is 16.4 Å². The SMILES string of the molecule is Cc1c(NC(=O)Nc2ccc(Cl)cc2Cl)sc(=S)n1C. The lowest BCUT2D eigenvalue weighted by Gasteiger charge is -2.08. The molecule has 2 N–H and O–H groups in total. The molecule has 0 radical (unpaired) electrons. The van der Waals surface area contributed by atoms with E-state index in [1.54, 1.807) is 18.2 Å². The number of benzene rings is 1. The zero-order valence-electron chi connectivity index (χ0n) is 10.7. The second-order valence-corrected chi connectivity index (χ2v) is 6.53. The summed E-state index contributed by atoms with van der Waals surface area (Å²) >= 11 is 18.3. The van der Waals surface area contributed by atoms with Crippen molar-refractivity contribution in [1.82, 2.24) is 4.57 Å². The average Bonchev–Trinajstić information content (AvgIpc) is 2.61. The maximum absolute atomic E-state index is 11.9. The number of anilines is 2. The third-order valence-electron chi connectivity index (χ3n) is 2.70. The monoisotopic (exact) mass is 347 g/mol. The van der Waals surface area contributed by atoms with Crippen LogP contribution in [0.15, 0.2) is 18.2 Å². The number of thiazole rings is 1. The van der Waals surface area contributed by atoms with Crippen molar-refractivity contribution >= 4 is 63.5 Å². The van der Waals surface area contributed by atoms with Gasteiger partial charge in [0, 0.05) is 12.1 Å². The molecule has 0 saturated carbocycles. The zero-order chi connectivity index (χ0) is 14.9. The number of nitrogens with one attached hydrogen (secondary N) is 2. The highest BCUT2D eigenvalue weighted by atomic mass is 35.5. The summed E-state index contributed by atoms with van der Waals surface area (Å²) < 4.78 is 2.53. The predicted octanol–water partition coefficient (Wildman–Crippen LogP) is 5.08. The molecule has 0 aliphatic rings. The molecule has 20 heavy (non-hydrogen) atoms. The van der Waals surface area contributed by atoms with E-state index in [0.717, 1.165) is 5.69 Å². The van der Waals surface area contributed by atoms with E-state index in [2.05, 4.69) is 10.6 Å². The summed E-state index contributed by atoms with van der Waals surface area (Å²) in [5, 5.41) is 7.02. The Morgan fingerprint density at radius 3 is 2.60 bits per heavy atom. The normalized spacial score (nSPS) is 10.4. The second-order valence-electron chi connectivity index (χ2n) is 4.04. The Labute approximate surface area is 135 Å². The van der Waals surface area contributed by atoms with E-state index in [-0.39, 0.29) is 6.03 Å². The van der Waals surface area contributed by atoms with Crippen molar-refractivity contribution in [2.24, 2.45) is 7.05 Å². The number of hydrogen-bond donors (Lipinski definition) is 2. The van der Waals surface area contributed by atoms with Crippen molar-refractivity contribution < 1.29 is 4.79 Å². The highest BCUT2D eigenvalue weighted by Crippen LogP contribution is 2.27. The van der Waals surface area contributed by atoms with Gasteiger partial charge in [-0.25, -0.2) is 4.79 Å². The Hall–Kier alpha value is -1.08. The molecule has 0 fully saturated rings. The Kier molecular flexibility index (Phi) is 4.70. The van der Waals surface area contributed by atoms with Gasteiger partial charge >= 0.3 is 6.03 Å². The van der Waals surface area contributed by atoms with Gasteiger partial charge in [0.15, 0.2) is 3.95 Å². The van der Waals surface area contributed by atoms with Gasteiger partial charge in [0.1, 0.15) is 5.00 Å². The Morgan fingerprint density at radius 1 is 1.35 bits per heavy atom. The maximum Gasteiger partial charge on any atom is 0.324 e. The number of carbonyl (C=O) groups excluding carboxylic acids is 1. The molecule has 0 bridgehead atoms. The average molecular weight is 348 g/mol. The molecule has 2 amide bonds. The number of rotatable bonds is 2. The third kappa shape index (κ3) is 3.32. The third-order valence-corrected chi connectivity index (χ3v) is 4.82. The lowest BCUT2D eigenvalue weighted by atomic mass is 10.3. The molecule has 2 rings (SSSR count). The predicted molar refractivity (Wildman–Crippen MR) is 88.0 cm³/mol. The number of hydrogen-bond acceptors (Lipinski definition) is 3. The molecule has 2 aromatic rings. The van der Waals surface area contributed by atoms with Crippen molar-refractivity contribution in [2.45, 2.75) is 6.92 Å². The minimum Gasteiger partial charge on any atom is -0.328 e. The van der Waals surface area contributed by atoms with Crippen molar-refractivity contribution in [1.29, 1.82) is 0 Å². The Bertz CT molecular complexity index is 724. The van der Waals surface area contributed by atoms with Gasteiger partial charge in [-0.15, -0.1) is 0 Å². The van der Waals surface area contributed by atoms with Gasteiger partial charge in [-0.2, -0.15) is 0 Å². The standard InChI is InChI=1S/C12H11Cl2N3OS2/c1-6-10(20-12(19)17(6)2)16-11(18)15-9-4-3-7(13)5-8(9)14/h3-5H,1-2H3,(H2,15,16,18). The molecule has 1 heterocycles. The minimum absolute atomic E-state index is 0.380. The summed E-state index contributed by atoms with van der Waals surface area (Å²) in [6.45, 7) is 1.89. The molecular weight excluding hydrogens is 337 g/mol. The molecule has 0 unspecified atom stereocenters. The smallest absolute Gasteiger partial charge is 0.324 e. The van der Waals surface area contributed by atoms with Gasteiger partial charge < -0.3 is 9.88 Å². The first kappa shape index (κ1) is 15.3. The van der Waals surface area contributed by atoms with Gasteiger partial charge in [-0.1, -0.05) is 34.5 Å². The molecule has 0 aliphatic carbocycles. The van der Waals surface area contributed by atoms with Crippen LogP contribution in [0.1, 0.15) is 5.69 Å². The fourth-order valence-electron chi connectivity index (χ4n) is 1.48. The van der Waals surface area contributed by atoms with Crippen LogP contribution < -0.4 is 10.6 Å². The maximum atomic E-state index is 11.9. The van der Waals surface area contributed by atoms with Crippen LogP contribution >= 0.6 is 46.8 Å². The van der Waals surface area contributed by atoms with Crippen molar-refractivity contribution in [3.63, 3.8) is 0 Å². The van der Waals surface area contributed by atoms with Crippen LogP contribution in [0.25, 0.3) is 0 Å². The number of aromatic nitrogens is 1. The molecule has 0 saturated heterocycles. The van der Waals surface area contributed by atoms with Crippen LogP contribution in [0.5, 0.6) is 0 Å². The molecule has 106 valence electrons. The first-order valence-electron chi connectivity index (χ1n) is 5.58. The van der Waals surface area contributed by atoms with Crippen molar-refractivity contribution in [3.8, 4) is 0 Å². The quantitative estimate of drug-likeness (QED) is 0.744. The van der Waals surface area contributed by atoms with E-state index in [9.17, 15) is 4.79 Å². The molecule has 0 aliphatic heterocycles. The summed E-state index contributed by atoms with van der Waals surface area (Å²) in [5.74, 6) is 0. The Balaban J connectivity index is 2.13.